The fourth-order valence-electron chi connectivity index (χ4n) is 2.84. The highest BCUT2D eigenvalue weighted by Crippen LogP contribution is 2.18. The molecule has 0 saturated heterocycles. The summed E-state index contributed by atoms with van der Waals surface area (Å²) in [6, 6.07) is 20.8. The highest BCUT2D eigenvalue weighted by atomic mass is 16.5. The fraction of sp³-hybridized carbons (Fsp3) is 0.167. The van der Waals surface area contributed by atoms with Gasteiger partial charge in [-0.1, -0.05) is 24.3 Å². The highest BCUT2D eigenvalue weighted by Gasteiger charge is 2.13. The SMILES string of the molecule is CCOc1ccc(C(=O)c2ccc(C(=O)c3ccc(OCC)cc3)cc2)cc1. The zero-order valence-electron chi connectivity index (χ0n) is 16.0. The van der Waals surface area contributed by atoms with E-state index in [1.54, 1.807) is 72.8 Å². The molecule has 0 spiro atoms. The van der Waals surface area contributed by atoms with E-state index < -0.39 is 0 Å². The van der Waals surface area contributed by atoms with Crippen LogP contribution < -0.4 is 9.47 Å². The van der Waals surface area contributed by atoms with Crippen LogP contribution in [0.25, 0.3) is 0 Å². The fourth-order valence-corrected chi connectivity index (χ4v) is 2.84. The molecular formula is C24H22O4. The van der Waals surface area contributed by atoms with Gasteiger partial charge in [-0.2, -0.15) is 0 Å². The Bertz CT molecular complexity index is 859. The molecule has 0 bridgehead atoms. The molecule has 0 aliphatic heterocycles. The van der Waals surface area contributed by atoms with Gasteiger partial charge in [0, 0.05) is 22.3 Å². The molecular weight excluding hydrogens is 352 g/mol. The zero-order chi connectivity index (χ0) is 19.9. The van der Waals surface area contributed by atoms with E-state index in [9.17, 15) is 9.59 Å². The van der Waals surface area contributed by atoms with Crippen LogP contribution in [-0.2, 0) is 0 Å². The standard InChI is InChI=1S/C24H22O4/c1-3-27-21-13-9-19(10-14-21)23(25)17-5-7-18(8-6-17)24(26)20-11-15-22(16-12-20)28-4-2/h5-16H,3-4H2,1-2H3. The van der Waals surface area contributed by atoms with Crippen molar-refractivity contribution in [1.82, 2.24) is 0 Å². The first-order valence-corrected chi connectivity index (χ1v) is 9.27. The second-order valence-corrected chi connectivity index (χ2v) is 6.15. The molecule has 3 aromatic carbocycles. The highest BCUT2D eigenvalue weighted by molar-refractivity contribution is 6.11. The van der Waals surface area contributed by atoms with E-state index in [0.29, 0.717) is 35.5 Å². The Hall–Kier alpha value is -3.40. The lowest BCUT2D eigenvalue weighted by atomic mass is 9.98. The third-order valence-electron chi connectivity index (χ3n) is 4.26. The summed E-state index contributed by atoms with van der Waals surface area (Å²) in [5.74, 6) is 1.27. The van der Waals surface area contributed by atoms with Gasteiger partial charge in [0.1, 0.15) is 11.5 Å². The van der Waals surface area contributed by atoms with E-state index in [2.05, 4.69) is 0 Å². The van der Waals surface area contributed by atoms with Crippen molar-refractivity contribution < 1.29 is 19.1 Å². The van der Waals surface area contributed by atoms with Crippen molar-refractivity contribution in [1.29, 1.82) is 0 Å². The molecule has 0 radical (unpaired) electrons. The predicted molar refractivity (Wildman–Crippen MR) is 109 cm³/mol. The van der Waals surface area contributed by atoms with Crippen LogP contribution in [0.5, 0.6) is 11.5 Å². The number of rotatable bonds is 8. The van der Waals surface area contributed by atoms with E-state index >= 15 is 0 Å². The maximum Gasteiger partial charge on any atom is 0.193 e. The maximum atomic E-state index is 12.6. The second kappa shape index (κ2) is 9.00. The summed E-state index contributed by atoms with van der Waals surface area (Å²) in [5, 5.41) is 0. The summed E-state index contributed by atoms with van der Waals surface area (Å²) in [7, 11) is 0. The van der Waals surface area contributed by atoms with Crippen LogP contribution in [0.2, 0.25) is 0 Å². The van der Waals surface area contributed by atoms with Crippen LogP contribution in [0, 0.1) is 0 Å². The Kier molecular flexibility index (Phi) is 6.22. The number of carbonyl (C=O) groups is 2. The Labute approximate surface area is 164 Å². The van der Waals surface area contributed by atoms with E-state index in [1.165, 1.54) is 0 Å². The Morgan fingerprint density at radius 3 is 1.04 bits per heavy atom. The summed E-state index contributed by atoms with van der Waals surface area (Å²) in [6.45, 7) is 4.98. The summed E-state index contributed by atoms with van der Waals surface area (Å²) in [6.07, 6.45) is 0. The number of hydrogen-bond donors (Lipinski definition) is 0. The lowest BCUT2D eigenvalue weighted by Crippen LogP contribution is -2.04. The lowest BCUT2D eigenvalue weighted by Gasteiger charge is -2.07. The van der Waals surface area contributed by atoms with E-state index in [1.807, 2.05) is 13.8 Å². The number of ether oxygens (including phenoxy) is 2. The third kappa shape index (κ3) is 4.46. The van der Waals surface area contributed by atoms with Crippen LogP contribution >= 0.6 is 0 Å². The molecule has 0 atom stereocenters. The van der Waals surface area contributed by atoms with Gasteiger partial charge < -0.3 is 9.47 Å². The van der Waals surface area contributed by atoms with Crippen molar-refractivity contribution in [3.8, 4) is 11.5 Å². The Balaban J connectivity index is 1.73. The van der Waals surface area contributed by atoms with E-state index in [-0.39, 0.29) is 11.6 Å². The topological polar surface area (TPSA) is 52.6 Å². The van der Waals surface area contributed by atoms with Gasteiger partial charge in [-0.05, 0) is 62.4 Å². The van der Waals surface area contributed by atoms with Crippen molar-refractivity contribution in [3.05, 3.63) is 95.1 Å². The Morgan fingerprint density at radius 2 is 0.786 bits per heavy atom. The first kappa shape index (κ1) is 19.4. The zero-order valence-corrected chi connectivity index (χ0v) is 16.0. The summed E-state index contributed by atoms with van der Waals surface area (Å²) in [4.78, 5) is 25.3. The quantitative estimate of drug-likeness (QED) is 0.524. The number of ketones is 2. The minimum atomic E-state index is -0.0943. The summed E-state index contributed by atoms with van der Waals surface area (Å²) >= 11 is 0. The van der Waals surface area contributed by atoms with Crippen molar-refractivity contribution in [3.63, 3.8) is 0 Å². The largest absolute Gasteiger partial charge is 0.494 e. The van der Waals surface area contributed by atoms with Crippen LogP contribution in [0.4, 0.5) is 0 Å². The number of carbonyl (C=O) groups excluding carboxylic acids is 2. The third-order valence-corrected chi connectivity index (χ3v) is 4.26. The smallest absolute Gasteiger partial charge is 0.193 e. The van der Waals surface area contributed by atoms with Gasteiger partial charge in [0.25, 0.3) is 0 Å². The van der Waals surface area contributed by atoms with E-state index in [4.69, 9.17) is 9.47 Å². The van der Waals surface area contributed by atoms with E-state index in [0.717, 1.165) is 11.5 Å². The molecule has 0 unspecified atom stereocenters. The van der Waals surface area contributed by atoms with Gasteiger partial charge in [-0.15, -0.1) is 0 Å². The van der Waals surface area contributed by atoms with Gasteiger partial charge in [-0.3, -0.25) is 9.59 Å². The number of benzene rings is 3. The molecule has 0 aliphatic rings. The van der Waals surface area contributed by atoms with Gasteiger partial charge in [-0.25, -0.2) is 0 Å². The molecule has 3 rings (SSSR count). The molecule has 142 valence electrons. The first-order chi connectivity index (χ1) is 13.6. The summed E-state index contributed by atoms with van der Waals surface area (Å²) < 4.78 is 10.8. The molecule has 28 heavy (non-hydrogen) atoms. The lowest BCUT2D eigenvalue weighted by molar-refractivity contribution is 0.102. The van der Waals surface area contributed by atoms with Gasteiger partial charge >= 0.3 is 0 Å². The molecule has 0 heterocycles. The average Bonchev–Trinajstić information content (AvgIpc) is 2.74. The van der Waals surface area contributed by atoms with Crippen molar-refractivity contribution in [2.24, 2.45) is 0 Å². The second-order valence-electron chi connectivity index (χ2n) is 6.15. The average molecular weight is 374 g/mol. The van der Waals surface area contributed by atoms with Gasteiger partial charge in [0.15, 0.2) is 11.6 Å². The molecule has 0 aromatic heterocycles. The van der Waals surface area contributed by atoms with Crippen LogP contribution in [0.3, 0.4) is 0 Å². The molecule has 0 aliphatic carbocycles. The maximum absolute atomic E-state index is 12.6. The van der Waals surface area contributed by atoms with Crippen LogP contribution in [0.15, 0.2) is 72.8 Å². The van der Waals surface area contributed by atoms with Gasteiger partial charge in [0.2, 0.25) is 0 Å². The minimum absolute atomic E-state index is 0.0943. The van der Waals surface area contributed by atoms with Crippen LogP contribution in [0.1, 0.15) is 45.7 Å². The molecule has 0 fully saturated rings. The number of hydrogen-bond acceptors (Lipinski definition) is 4. The monoisotopic (exact) mass is 374 g/mol. The summed E-state index contributed by atoms with van der Waals surface area (Å²) in [5.41, 5.74) is 2.22. The first-order valence-electron chi connectivity index (χ1n) is 9.27. The predicted octanol–water partition coefficient (Wildman–Crippen LogP) is 4.95. The van der Waals surface area contributed by atoms with Crippen LogP contribution in [-0.4, -0.2) is 24.8 Å². The molecule has 0 N–H and O–H groups in total. The van der Waals surface area contributed by atoms with Crippen molar-refractivity contribution >= 4 is 11.6 Å². The minimum Gasteiger partial charge on any atom is -0.494 e. The molecule has 4 heteroatoms. The Morgan fingerprint density at radius 1 is 0.536 bits per heavy atom. The molecule has 3 aromatic rings. The van der Waals surface area contributed by atoms with Crippen molar-refractivity contribution in [2.75, 3.05) is 13.2 Å². The van der Waals surface area contributed by atoms with Gasteiger partial charge in [0.05, 0.1) is 13.2 Å². The molecule has 0 amide bonds. The van der Waals surface area contributed by atoms with Crippen molar-refractivity contribution in [2.45, 2.75) is 13.8 Å². The molecule has 4 nitrogen and oxygen atoms in total. The normalized spacial score (nSPS) is 10.4. The molecule has 0 saturated carbocycles.